The summed E-state index contributed by atoms with van der Waals surface area (Å²) in [5.74, 6) is 1.34. The minimum atomic E-state index is -0.779. The van der Waals surface area contributed by atoms with Crippen LogP contribution in [0.1, 0.15) is 17.8 Å². The van der Waals surface area contributed by atoms with E-state index in [9.17, 15) is 5.11 Å². The molecular formula is C16H17N5O. The fourth-order valence-electron chi connectivity index (χ4n) is 3.03. The van der Waals surface area contributed by atoms with Crippen LogP contribution < -0.4 is 0 Å². The van der Waals surface area contributed by atoms with Crippen molar-refractivity contribution in [3.8, 4) is 0 Å². The SMILES string of the molecule is OC1(c2ccccc2)CCN(Cc2nc3ncccn3n2)C1. The summed E-state index contributed by atoms with van der Waals surface area (Å²) in [5, 5.41) is 15.3. The fourth-order valence-corrected chi connectivity index (χ4v) is 3.03. The van der Waals surface area contributed by atoms with E-state index in [1.54, 1.807) is 10.7 Å². The third-order valence-electron chi connectivity index (χ3n) is 4.16. The Hall–Kier alpha value is -2.31. The Morgan fingerprint density at radius 3 is 2.86 bits per heavy atom. The van der Waals surface area contributed by atoms with Crippen molar-refractivity contribution in [3.63, 3.8) is 0 Å². The lowest BCUT2D eigenvalue weighted by molar-refractivity contribution is 0.0450. The summed E-state index contributed by atoms with van der Waals surface area (Å²) in [6.45, 7) is 2.05. The van der Waals surface area contributed by atoms with Crippen LogP contribution >= 0.6 is 0 Å². The molecule has 4 rings (SSSR count). The van der Waals surface area contributed by atoms with Gasteiger partial charge in [0.1, 0.15) is 5.60 Å². The van der Waals surface area contributed by atoms with Gasteiger partial charge in [0, 0.05) is 25.5 Å². The number of hydrogen-bond donors (Lipinski definition) is 1. The number of aromatic nitrogens is 4. The smallest absolute Gasteiger partial charge is 0.252 e. The van der Waals surface area contributed by atoms with Crippen LogP contribution in [0.5, 0.6) is 0 Å². The van der Waals surface area contributed by atoms with Crippen molar-refractivity contribution in [2.75, 3.05) is 13.1 Å². The largest absolute Gasteiger partial charge is 0.384 e. The number of hydrogen-bond acceptors (Lipinski definition) is 5. The molecule has 1 unspecified atom stereocenters. The number of benzene rings is 1. The monoisotopic (exact) mass is 295 g/mol. The molecule has 2 aromatic heterocycles. The summed E-state index contributed by atoms with van der Waals surface area (Å²) >= 11 is 0. The highest BCUT2D eigenvalue weighted by atomic mass is 16.3. The van der Waals surface area contributed by atoms with Crippen LogP contribution in [0, 0.1) is 0 Å². The Morgan fingerprint density at radius 1 is 1.18 bits per heavy atom. The number of aliphatic hydroxyl groups is 1. The maximum Gasteiger partial charge on any atom is 0.252 e. The minimum absolute atomic E-state index is 0.597. The first kappa shape index (κ1) is 13.4. The van der Waals surface area contributed by atoms with E-state index in [0.717, 1.165) is 24.4 Å². The van der Waals surface area contributed by atoms with Gasteiger partial charge in [-0.25, -0.2) is 9.50 Å². The molecule has 1 aromatic carbocycles. The molecule has 112 valence electrons. The highest BCUT2D eigenvalue weighted by Gasteiger charge is 2.37. The van der Waals surface area contributed by atoms with Crippen molar-refractivity contribution in [1.29, 1.82) is 0 Å². The Bertz CT molecular complexity index is 754. The van der Waals surface area contributed by atoms with E-state index in [-0.39, 0.29) is 0 Å². The van der Waals surface area contributed by atoms with Crippen molar-refractivity contribution in [2.24, 2.45) is 0 Å². The average Bonchev–Trinajstić information content (AvgIpc) is 3.12. The van der Waals surface area contributed by atoms with Gasteiger partial charge in [-0.05, 0) is 18.1 Å². The minimum Gasteiger partial charge on any atom is -0.384 e. The normalized spacial score (nSPS) is 22.4. The second kappa shape index (κ2) is 5.15. The number of fused-ring (bicyclic) bond motifs is 1. The Morgan fingerprint density at radius 2 is 2.05 bits per heavy atom. The fraction of sp³-hybridized carbons (Fsp3) is 0.312. The molecule has 1 N–H and O–H groups in total. The Labute approximate surface area is 128 Å². The summed E-state index contributed by atoms with van der Waals surface area (Å²) in [5.41, 5.74) is 0.195. The molecule has 1 fully saturated rings. The zero-order chi connectivity index (χ0) is 15.0. The van der Waals surface area contributed by atoms with Crippen LogP contribution in [0.2, 0.25) is 0 Å². The molecule has 3 aromatic rings. The molecule has 0 bridgehead atoms. The average molecular weight is 295 g/mol. The number of β-amino-alcohol motifs (C(OH)–C–C–N with tert-alkyl or cyclic N) is 1. The van der Waals surface area contributed by atoms with Crippen LogP contribution in [0.3, 0.4) is 0 Å². The first-order valence-electron chi connectivity index (χ1n) is 7.39. The quantitative estimate of drug-likeness (QED) is 0.787. The second-order valence-electron chi connectivity index (χ2n) is 5.75. The van der Waals surface area contributed by atoms with Gasteiger partial charge in [0.2, 0.25) is 0 Å². The first-order chi connectivity index (χ1) is 10.7. The maximum absolute atomic E-state index is 10.9. The molecule has 6 nitrogen and oxygen atoms in total. The predicted octanol–water partition coefficient (Wildman–Crippen LogP) is 1.22. The third-order valence-corrected chi connectivity index (χ3v) is 4.16. The molecule has 3 heterocycles. The van der Waals surface area contributed by atoms with E-state index in [1.165, 1.54) is 0 Å². The Balaban J connectivity index is 1.51. The summed E-state index contributed by atoms with van der Waals surface area (Å²) in [4.78, 5) is 10.8. The molecule has 1 saturated heterocycles. The van der Waals surface area contributed by atoms with Gasteiger partial charge in [-0.2, -0.15) is 4.98 Å². The van der Waals surface area contributed by atoms with Gasteiger partial charge in [0.05, 0.1) is 6.54 Å². The zero-order valence-corrected chi connectivity index (χ0v) is 12.1. The van der Waals surface area contributed by atoms with E-state index in [0.29, 0.717) is 18.9 Å². The summed E-state index contributed by atoms with van der Waals surface area (Å²) in [6, 6.07) is 11.7. The van der Waals surface area contributed by atoms with Crippen LogP contribution in [0.4, 0.5) is 0 Å². The molecule has 1 aliphatic rings. The van der Waals surface area contributed by atoms with E-state index in [2.05, 4.69) is 20.0 Å². The third kappa shape index (κ3) is 2.36. The molecule has 0 saturated carbocycles. The topological polar surface area (TPSA) is 66.5 Å². The van der Waals surface area contributed by atoms with Crippen LogP contribution in [-0.4, -0.2) is 42.7 Å². The highest BCUT2D eigenvalue weighted by Crippen LogP contribution is 2.32. The molecule has 0 aliphatic carbocycles. The molecule has 22 heavy (non-hydrogen) atoms. The molecule has 0 radical (unpaired) electrons. The van der Waals surface area contributed by atoms with Crippen LogP contribution in [0.15, 0.2) is 48.8 Å². The van der Waals surface area contributed by atoms with Crippen molar-refractivity contribution in [3.05, 3.63) is 60.2 Å². The van der Waals surface area contributed by atoms with Gasteiger partial charge >= 0.3 is 0 Å². The highest BCUT2D eigenvalue weighted by molar-refractivity contribution is 5.26. The van der Waals surface area contributed by atoms with Gasteiger partial charge in [-0.1, -0.05) is 30.3 Å². The lowest BCUT2D eigenvalue weighted by atomic mass is 9.93. The zero-order valence-electron chi connectivity index (χ0n) is 12.1. The van der Waals surface area contributed by atoms with Gasteiger partial charge in [0.15, 0.2) is 5.82 Å². The molecule has 0 spiro atoms. The van der Waals surface area contributed by atoms with E-state index in [4.69, 9.17) is 0 Å². The molecule has 0 amide bonds. The van der Waals surface area contributed by atoms with E-state index in [1.807, 2.05) is 42.6 Å². The standard InChI is InChI=1S/C16H17N5O/c22-16(13-5-2-1-3-6-13)7-10-20(12-16)11-14-18-15-17-8-4-9-21(15)19-14/h1-6,8-9,22H,7,10-12H2. The summed E-state index contributed by atoms with van der Waals surface area (Å²) in [6.07, 6.45) is 4.27. The van der Waals surface area contributed by atoms with Crippen LogP contribution in [0.25, 0.3) is 5.78 Å². The predicted molar refractivity (Wildman–Crippen MR) is 81.0 cm³/mol. The van der Waals surface area contributed by atoms with Gasteiger partial charge in [-0.15, -0.1) is 5.10 Å². The van der Waals surface area contributed by atoms with Crippen LogP contribution in [-0.2, 0) is 12.1 Å². The number of rotatable bonds is 3. The lowest BCUT2D eigenvalue weighted by Crippen LogP contribution is -2.30. The van der Waals surface area contributed by atoms with Crippen molar-refractivity contribution < 1.29 is 5.11 Å². The maximum atomic E-state index is 10.9. The second-order valence-corrected chi connectivity index (χ2v) is 5.75. The van der Waals surface area contributed by atoms with E-state index < -0.39 is 5.60 Å². The van der Waals surface area contributed by atoms with Crippen molar-refractivity contribution in [1.82, 2.24) is 24.5 Å². The molecule has 6 heteroatoms. The van der Waals surface area contributed by atoms with E-state index >= 15 is 0 Å². The molecule has 1 atom stereocenters. The number of nitrogens with zero attached hydrogens (tertiary/aromatic N) is 5. The molecule has 1 aliphatic heterocycles. The van der Waals surface area contributed by atoms with Gasteiger partial charge in [-0.3, -0.25) is 4.90 Å². The van der Waals surface area contributed by atoms with Gasteiger partial charge in [0.25, 0.3) is 5.78 Å². The first-order valence-corrected chi connectivity index (χ1v) is 7.39. The summed E-state index contributed by atoms with van der Waals surface area (Å²) < 4.78 is 1.68. The number of likely N-dealkylation sites (tertiary alicyclic amines) is 1. The summed E-state index contributed by atoms with van der Waals surface area (Å²) in [7, 11) is 0. The Kier molecular flexibility index (Phi) is 3.13. The van der Waals surface area contributed by atoms with Crippen molar-refractivity contribution in [2.45, 2.75) is 18.6 Å². The lowest BCUT2D eigenvalue weighted by Gasteiger charge is -2.23. The van der Waals surface area contributed by atoms with Crippen molar-refractivity contribution >= 4 is 5.78 Å². The molecular weight excluding hydrogens is 278 g/mol. The van der Waals surface area contributed by atoms with Gasteiger partial charge < -0.3 is 5.11 Å².